The molecule has 1 amide bonds. The van der Waals surface area contributed by atoms with E-state index in [1.54, 1.807) is 12.1 Å². The van der Waals surface area contributed by atoms with E-state index >= 15 is 0 Å². The van der Waals surface area contributed by atoms with Crippen LogP contribution in [-0.4, -0.2) is 17.1 Å². The number of halogens is 1. The molecule has 1 fully saturated rings. The second-order valence-corrected chi connectivity index (χ2v) is 5.77. The van der Waals surface area contributed by atoms with Crippen molar-refractivity contribution in [3.63, 3.8) is 0 Å². The summed E-state index contributed by atoms with van der Waals surface area (Å²) in [6.45, 7) is 1.88. The van der Waals surface area contributed by atoms with Crippen LogP contribution >= 0.6 is 0 Å². The molecule has 2 rings (SSSR count). The zero-order valence-electron chi connectivity index (χ0n) is 11.8. The van der Waals surface area contributed by atoms with E-state index in [-0.39, 0.29) is 17.8 Å². The van der Waals surface area contributed by atoms with Crippen molar-refractivity contribution in [3.05, 3.63) is 35.6 Å². The number of rotatable bonds is 6. The molecular formula is C16H22FNO2. The van der Waals surface area contributed by atoms with Crippen molar-refractivity contribution in [1.29, 1.82) is 0 Å². The summed E-state index contributed by atoms with van der Waals surface area (Å²) < 4.78 is 12.8. The van der Waals surface area contributed by atoms with Crippen molar-refractivity contribution in [3.8, 4) is 0 Å². The number of hydrogen-bond donors (Lipinski definition) is 2. The molecule has 0 heterocycles. The molecule has 1 aromatic rings. The summed E-state index contributed by atoms with van der Waals surface area (Å²) >= 11 is 0. The molecule has 2 atom stereocenters. The van der Waals surface area contributed by atoms with Gasteiger partial charge in [0.1, 0.15) is 5.82 Å². The molecule has 3 nitrogen and oxygen atoms in total. The minimum atomic E-state index is -0.686. The number of nitrogens with one attached hydrogen (secondary N) is 1. The Hall–Kier alpha value is -1.42. The van der Waals surface area contributed by atoms with Crippen molar-refractivity contribution >= 4 is 5.91 Å². The molecule has 110 valence electrons. The average molecular weight is 279 g/mol. The minimum absolute atomic E-state index is 0.0634. The van der Waals surface area contributed by atoms with E-state index in [4.69, 9.17) is 0 Å². The standard InChI is InChI=1S/C16H22FNO2/c1-11(18-16(20)10-12-3-2-4-12)9-15(19)13-5-7-14(17)8-6-13/h5-8,11-12,15,19H,2-4,9-10H2,1H3,(H,18,20). The summed E-state index contributed by atoms with van der Waals surface area (Å²) in [5.74, 6) is 0.292. The van der Waals surface area contributed by atoms with Gasteiger partial charge in [-0.25, -0.2) is 4.39 Å². The maximum absolute atomic E-state index is 12.8. The molecule has 0 spiro atoms. The highest BCUT2D eigenvalue weighted by molar-refractivity contribution is 5.76. The van der Waals surface area contributed by atoms with Gasteiger partial charge < -0.3 is 10.4 Å². The monoisotopic (exact) mass is 279 g/mol. The van der Waals surface area contributed by atoms with Gasteiger partial charge in [0.25, 0.3) is 0 Å². The summed E-state index contributed by atoms with van der Waals surface area (Å²) in [6, 6.07) is 5.71. The van der Waals surface area contributed by atoms with Crippen molar-refractivity contribution in [2.24, 2.45) is 5.92 Å². The SMILES string of the molecule is CC(CC(O)c1ccc(F)cc1)NC(=O)CC1CCC1. The first-order valence-corrected chi connectivity index (χ1v) is 7.27. The molecule has 0 radical (unpaired) electrons. The van der Waals surface area contributed by atoms with E-state index in [0.717, 1.165) is 12.8 Å². The van der Waals surface area contributed by atoms with E-state index in [9.17, 15) is 14.3 Å². The molecule has 0 aromatic heterocycles. The molecule has 1 aliphatic carbocycles. The van der Waals surface area contributed by atoms with E-state index in [1.807, 2.05) is 6.92 Å². The Morgan fingerprint density at radius 1 is 1.40 bits per heavy atom. The lowest BCUT2D eigenvalue weighted by Crippen LogP contribution is -2.35. The predicted octanol–water partition coefficient (Wildman–Crippen LogP) is 2.94. The summed E-state index contributed by atoms with van der Waals surface area (Å²) in [7, 11) is 0. The third-order valence-electron chi connectivity index (χ3n) is 3.94. The van der Waals surface area contributed by atoms with Gasteiger partial charge in [0.2, 0.25) is 5.91 Å². The Bertz CT molecular complexity index is 442. The maximum Gasteiger partial charge on any atom is 0.220 e. The van der Waals surface area contributed by atoms with Gasteiger partial charge in [-0.3, -0.25) is 4.79 Å². The van der Waals surface area contributed by atoms with Gasteiger partial charge in [-0.1, -0.05) is 18.6 Å². The highest BCUT2D eigenvalue weighted by Gasteiger charge is 2.22. The van der Waals surface area contributed by atoms with Gasteiger partial charge in [0, 0.05) is 12.5 Å². The van der Waals surface area contributed by atoms with E-state index in [0.29, 0.717) is 24.3 Å². The molecular weight excluding hydrogens is 257 g/mol. The lowest BCUT2D eigenvalue weighted by Gasteiger charge is -2.25. The molecule has 2 unspecified atom stereocenters. The van der Waals surface area contributed by atoms with Crippen LogP contribution in [0.4, 0.5) is 4.39 Å². The third-order valence-corrected chi connectivity index (χ3v) is 3.94. The summed E-state index contributed by atoms with van der Waals surface area (Å²) in [6.07, 6.45) is 3.88. The first-order chi connectivity index (χ1) is 9.54. The number of carbonyl (C=O) groups is 1. The molecule has 1 aromatic carbocycles. The number of aliphatic hydroxyl groups is 1. The van der Waals surface area contributed by atoms with Gasteiger partial charge in [0.15, 0.2) is 0 Å². The molecule has 20 heavy (non-hydrogen) atoms. The average Bonchev–Trinajstić information content (AvgIpc) is 2.34. The summed E-state index contributed by atoms with van der Waals surface area (Å²) in [4.78, 5) is 11.8. The van der Waals surface area contributed by atoms with Crippen LogP contribution in [0.1, 0.15) is 50.7 Å². The first kappa shape index (κ1) is 15.0. The smallest absolute Gasteiger partial charge is 0.220 e. The van der Waals surface area contributed by atoms with Crippen molar-refractivity contribution in [2.75, 3.05) is 0 Å². The fourth-order valence-electron chi connectivity index (χ4n) is 2.51. The van der Waals surface area contributed by atoms with Crippen LogP contribution < -0.4 is 5.32 Å². The fourth-order valence-corrected chi connectivity index (χ4v) is 2.51. The molecule has 0 aliphatic heterocycles. The largest absolute Gasteiger partial charge is 0.388 e. The van der Waals surface area contributed by atoms with Crippen molar-refractivity contribution < 1.29 is 14.3 Å². The second kappa shape index (κ2) is 6.84. The highest BCUT2D eigenvalue weighted by atomic mass is 19.1. The number of hydrogen-bond acceptors (Lipinski definition) is 2. The highest BCUT2D eigenvalue weighted by Crippen LogP contribution is 2.29. The second-order valence-electron chi connectivity index (χ2n) is 5.77. The molecule has 1 aliphatic rings. The van der Waals surface area contributed by atoms with Crippen LogP contribution in [0.3, 0.4) is 0 Å². The number of amides is 1. The lowest BCUT2D eigenvalue weighted by atomic mass is 9.83. The van der Waals surface area contributed by atoms with Crippen molar-refractivity contribution in [2.45, 2.75) is 51.2 Å². The Balaban J connectivity index is 1.76. The van der Waals surface area contributed by atoms with Crippen LogP contribution in [0.15, 0.2) is 24.3 Å². The Labute approximate surface area is 119 Å². The predicted molar refractivity (Wildman–Crippen MR) is 75.5 cm³/mol. The molecule has 0 saturated heterocycles. The van der Waals surface area contributed by atoms with Crippen LogP contribution in [0, 0.1) is 11.7 Å². The van der Waals surface area contributed by atoms with Gasteiger partial charge in [-0.2, -0.15) is 0 Å². The van der Waals surface area contributed by atoms with E-state index < -0.39 is 6.10 Å². The van der Waals surface area contributed by atoms with E-state index in [1.165, 1.54) is 18.6 Å². The number of benzene rings is 1. The topological polar surface area (TPSA) is 49.3 Å². The normalized spacial score (nSPS) is 18.1. The molecule has 0 bridgehead atoms. The maximum atomic E-state index is 12.8. The fraction of sp³-hybridized carbons (Fsp3) is 0.562. The van der Waals surface area contributed by atoms with Crippen molar-refractivity contribution in [1.82, 2.24) is 5.32 Å². The van der Waals surface area contributed by atoms with Gasteiger partial charge in [-0.15, -0.1) is 0 Å². The molecule has 4 heteroatoms. The van der Waals surface area contributed by atoms with Gasteiger partial charge in [0.05, 0.1) is 6.10 Å². The van der Waals surface area contributed by atoms with E-state index in [2.05, 4.69) is 5.32 Å². The van der Waals surface area contributed by atoms with Crippen LogP contribution in [0.2, 0.25) is 0 Å². The van der Waals surface area contributed by atoms with Gasteiger partial charge >= 0.3 is 0 Å². The molecule has 2 N–H and O–H groups in total. The Morgan fingerprint density at radius 3 is 2.60 bits per heavy atom. The van der Waals surface area contributed by atoms with Crippen LogP contribution in [0.25, 0.3) is 0 Å². The zero-order valence-corrected chi connectivity index (χ0v) is 11.8. The first-order valence-electron chi connectivity index (χ1n) is 7.27. The molecule has 1 saturated carbocycles. The lowest BCUT2D eigenvalue weighted by molar-refractivity contribution is -0.123. The van der Waals surface area contributed by atoms with Crippen LogP contribution in [-0.2, 0) is 4.79 Å². The summed E-state index contributed by atoms with van der Waals surface area (Å²) in [5.41, 5.74) is 0.673. The quantitative estimate of drug-likeness (QED) is 0.841. The van der Waals surface area contributed by atoms with Crippen LogP contribution in [0.5, 0.6) is 0 Å². The van der Waals surface area contributed by atoms with Gasteiger partial charge in [-0.05, 0) is 49.8 Å². The minimum Gasteiger partial charge on any atom is -0.388 e. The zero-order chi connectivity index (χ0) is 14.5. The number of aliphatic hydroxyl groups excluding tert-OH is 1. The Morgan fingerprint density at radius 2 is 2.05 bits per heavy atom. The third kappa shape index (κ3) is 4.30. The Kier molecular flexibility index (Phi) is 5.12. The number of carbonyl (C=O) groups excluding carboxylic acids is 1. The summed E-state index contributed by atoms with van der Waals surface area (Å²) in [5, 5.41) is 13.0.